The zero-order valence-corrected chi connectivity index (χ0v) is 31.9. The number of thiophene rings is 1. The van der Waals surface area contributed by atoms with E-state index in [1.165, 1.54) is 20.9 Å². The van der Waals surface area contributed by atoms with Crippen molar-refractivity contribution >= 4 is 40.2 Å². The van der Waals surface area contributed by atoms with Gasteiger partial charge in [-0.1, -0.05) is 82.0 Å². The number of aryl methyl sites for hydroxylation is 1. The van der Waals surface area contributed by atoms with Gasteiger partial charge in [-0.25, -0.2) is 0 Å². The topological polar surface area (TPSA) is 70.1 Å². The molecule has 1 aliphatic rings. The highest BCUT2D eigenvalue weighted by Gasteiger charge is 2.41. The van der Waals surface area contributed by atoms with Gasteiger partial charge in [0.1, 0.15) is 5.75 Å². The minimum atomic E-state index is -0.804. The van der Waals surface area contributed by atoms with Gasteiger partial charge in [0.15, 0.2) is 5.75 Å². The van der Waals surface area contributed by atoms with E-state index in [0.717, 1.165) is 77.6 Å². The molecule has 6 nitrogen and oxygen atoms in total. The molecule has 0 saturated carbocycles. The number of aromatic hydroxyl groups is 1. The Labute approximate surface area is 316 Å². The standard InChI is InChI=1S/C46H46N2O4S/c1-6-8-9-10-27-47-39-28-32(15-24-38(39)46(4,5)42(47)29-37-43(49)45(51)44(37)50)41-26-25-40(53-41)31-13-18-34(19-14-31)48(33-16-11-30(3)12-17-33)35-20-22-36(23-21-35)52-7-2/h11-26,28-29,49H,6-10,27H2,1-5H3/b42-29+. The maximum Gasteiger partial charge on any atom is 0.268 e. The van der Waals surface area contributed by atoms with Gasteiger partial charge in [0, 0.05) is 50.2 Å². The summed E-state index contributed by atoms with van der Waals surface area (Å²) in [6.07, 6.45) is 6.15. The number of unbranched alkanes of at least 4 members (excludes halogenated alkanes) is 3. The predicted molar refractivity (Wildman–Crippen MR) is 221 cm³/mol. The van der Waals surface area contributed by atoms with Gasteiger partial charge in [-0.15, -0.1) is 11.3 Å². The molecule has 0 aliphatic carbocycles. The molecule has 0 radical (unpaired) electrons. The number of nitrogens with zero attached hydrogens (tertiary/aromatic N) is 2. The van der Waals surface area contributed by atoms with E-state index in [0.29, 0.717) is 6.61 Å². The molecular formula is C46H46N2O4S. The molecule has 7 rings (SSSR count). The number of rotatable bonds is 13. The summed E-state index contributed by atoms with van der Waals surface area (Å²) >= 11 is 1.77. The highest BCUT2D eigenvalue weighted by molar-refractivity contribution is 7.18. The Morgan fingerprint density at radius 3 is 1.98 bits per heavy atom. The zero-order chi connectivity index (χ0) is 37.3. The largest absolute Gasteiger partial charge is 0.504 e. The number of anilines is 4. The van der Waals surface area contributed by atoms with Crippen molar-refractivity contribution in [2.24, 2.45) is 0 Å². The van der Waals surface area contributed by atoms with E-state index in [1.807, 2.05) is 19.1 Å². The molecule has 0 bridgehead atoms. The molecule has 53 heavy (non-hydrogen) atoms. The van der Waals surface area contributed by atoms with Gasteiger partial charge in [-0.3, -0.25) is 9.59 Å². The van der Waals surface area contributed by atoms with Crippen LogP contribution in [0.25, 0.3) is 27.0 Å². The van der Waals surface area contributed by atoms with Crippen molar-refractivity contribution in [3.63, 3.8) is 0 Å². The second-order valence-corrected chi connectivity index (χ2v) is 15.4. The van der Waals surface area contributed by atoms with E-state index in [-0.39, 0.29) is 5.56 Å². The highest BCUT2D eigenvalue weighted by Crippen LogP contribution is 2.50. The molecule has 5 aromatic carbocycles. The van der Waals surface area contributed by atoms with Crippen molar-refractivity contribution in [3.8, 4) is 32.4 Å². The fourth-order valence-electron chi connectivity index (χ4n) is 7.33. The van der Waals surface area contributed by atoms with Crippen molar-refractivity contribution in [2.75, 3.05) is 23.0 Å². The molecule has 0 spiro atoms. The molecule has 0 saturated heterocycles. The third kappa shape index (κ3) is 6.94. The van der Waals surface area contributed by atoms with Crippen LogP contribution < -0.4 is 25.4 Å². The van der Waals surface area contributed by atoms with E-state index in [2.05, 4.69) is 128 Å². The first kappa shape index (κ1) is 36.0. The Morgan fingerprint density at radius 2 is 1.36 bits per heavy atom. The Bertz CT molecular complexity index is 2330. The number of allylic oxidation sites excluding steroid dienone is 1. The van der Waals surface area contributed by atoms with Crippen molar-refractivity contribution < 1.29 is 9.84 Å². The third-order valence-corrected chi connectivity index (χ3v) is 11.5. The molecule has 270 valence electrons. The summed E-state index contributed by atoms with van der Waals surface area (Å²) in [6, 6.07) is 36.6. The van der Waals surface area contributed by atoms with Crippen LogP contribution in [0, 0.1) is 6.92 Å². The molecule has 1 aliphatic heterocycles. The van der Waals surface area contributed by atoms with Gasteiger partial charge in [-0.2, -0.15) is 0 Å². The minimum Gasteiger partial charge on any atom is -0.504 e. The van der Waals surface area contributed by atoms with Crippen LogP contribution in [-0.4, -0.2) is 18.3 Å². The van der Waals surface area contributed by atoms with Crippen LogP contribution in [-0.2, 0) is 5.41 Å². The van der Waals surface area contributed by atoms with Crippen LogP contribution in [0.1, 0.15) is 70.1 Å². The van der Waals surface area contributed by atoms with Crippen LogP contribution in [0.5, 0.6) is 11.5 Å². The van der Waals surface area contributed by atoms with Crippen LogP contribution in [0.15, 0.2) is 118 Å². The molecule has 0 unspecified atom stereocenters. The molecule has 2 heterocycles. The third-order valence-electron chi connectivity index (χ3n) is 10.3. The summed E-state index contributed by atoms with van der Waals surface area (Å²) in [7, 11) is 0. The van der Waals surface area contributed by atoms with E-state index in [9.17, 15) is 14.7 Å². The van der Waals surface area contributed by atoms with Crippen LogP contribution in [0.4, 0.5) is 22.7 Å². The monoisotopic (exact) mass is 722 g/mol. The van der Waals surface area contributed by atoms with E-state index < -0.39 is 22.0 Å². The highest BCUT2D eigenvalue weighted by atomic mass is 32.1. The lowest BCUT2D eigenvalue weighted by molar-refractivity contribution is 0.340. The van der Waals surface area contributed by atoms with Gasteiger partial charge in [0.05, 0.1) is 12.2 Å². The zero-order valence-electron chi connectivity index (χ0n) is 31.1. The fourth-order valence-corrected chi connectivity index (χ4v) is 8.34. The Balaban J connectivity index is 1.18. The summed E-state index contributed by atoms with van der Waals surface area (Å²) in [5.74, 6) is 0.424. The number of hydrogen-bond acceptors (Lipinski definition) is 7. The summed E-state index contributed by atoms with van der Waals surface area (Å²) < 4.78 is 5.71. The van der Waals surface area contributed by atoms with Gasteiger partial charge in [0.25, 0.3) is 5.43 Å². The summed E-state index contributed by atoms with van der Waals surface area (Å²) in [6.45, 7) is 12.0. The van der Waals surface area contributed by atoms with Crippen LogP contribution in [0.3, 0.4) is 0 Å². The summed E-state index contributed by atoms with van der Waals surface area (Å²) in [5, 5.41) is 10.2. The minimum absolute atomic E-state index is 0.111. The average Bonchev–Trinajstić information content (AvgIpc) is 3.75. The second-order valence-electron chi connectivity index (χ2n) is 14.3. The molecule has 6 aromatic rings. The van der Waals surface area contributed by atoms with Crippen molar-refractivity contribution in [2.45, 2.75) is 65.7 Å². The first-order valence-electron chi connectivity index (χ1n) is 18.6. The summed E-state index contributed by atoms with van der Waals surface area (Å²) in [5.41, 5.74) is 8.19. The summed E-state index contributed by atoms with van der Waals surface area (Å²) in [4.78, 5) is 31.2. The Morgan fingerprint density at radius 1 is 0.755 bits per heavy atom. The van der Waals surface area contributed by atoms with E-state index in [1.54, 1.807) is 17.4 Å². The van der Waals surface area contributed by atoms with Gasteiger partial charge >= 0.3 is 0 Å². The van der Waals surface area contributed by atoms with Gasteiger partial charge in [-0.05, 0) is 110 Å². The number of fused-ring (bicyclic) bond motifs is 1. The first-order valence-corrected chi connectivity index (χ1v) is 19.4. The average molecular weight is 723 g/mol. The van der Waals surface area contributed by atoms with Crippen molar-refractivity contribution in [3.05, 3.63) is 146 Å². The fraction of sp³-hybridized carbons (Fsp3) is 0.261. The SMILES string of the molecule is CCCCCCN1/C(=C/c2c(O)c(=O)c2=O)C(C)(C)c2ccc(-c3ccc(-c4ccc(N(c5ccc(C)cc5)c5ccc(OCC)cc5)cc4)s3)cc21. The molecule has 7 heteroatoms. The second kappa shape index (κ2) is 14.9. The van der Waals surface area contributed by atoms with Crippen molar-refractivity contribution in [1.82, 2.24) is 0 Å². The Hall–Kier alpha value is -5.40. The molecule has 0 amide bonds. The predicted octanol–water partition coefficient (Wildman–Crippen LogP) is 11.3. The maximum absolute atomic E-state index is 12.4. The van der Waals surface area contributed by atoms with Gasteiger partial charge < -0.3 is 19.6 Å². The lowest BCUT2D eigenvalue weighted by Gasteiger charge is -2.27. The number of benzene rings is 4. The molecule has 1 N–H and O–H groups in total. The lowest BCUT2D eigenvalue weighted by Crippen LogP contribution is -2.34. The van der Waals surface area contributed by atoms with Crippen molar-refractivity contribution in [1.29, 1.82) is 0 Å². The quantitative estimate of drug-likeness (QED) is 0.0945. The van der Waals surface area contributed by atoms with E-state index in [4.69, 9.17) is 4.74 Å². The van der Waals surface area contributed by atoms with Gasteiger partial charge in [0.2, 0.25) is 5.43 Å². The number of ether oxygens (including phenoxy) is 1. The smallest absolute Gasteiger partial charge is 0.268 e. The molecule has 0 fully saturated rings. The molecule has 1 aromatic heterocycles. The van der Waals surface area contributed by atoms with Crippen LogP contribution >= 0.6 is 11.3 Å². The molecule has 0 atom stereocenters. The van der Waals surface area contributed by atoms with Crippen LogP contribution in [0.2, 0.25) is 0 Å². The first-order chi connectivity index (χ1) is 25.6. The maximum atomic E-state index is 12.4. The molecular weight excluding hydrogens is 677 g/mol. The normalized spacial score (nSPS) is 14.2. The Kier molecular flexibility index (Phi) is 10.1. The number of hydrogen-bond donors (Lipinski definition) is 1. The van der Waals surface area contributed by atoms with E-state index >= 15 is 0 Å². The lowest BCUT2D eigenvalue weighted by atomic mass is 9.82.